The first kappa shape index (κ1) is 27.3. The maximum absolute atomic E-state index is 13.2. The van der Waals surface area contributed by atoms with E-state index in [0.717, 1.165) is 6.07 Å². The van der Waals surface area contributed by atoms with Gasteiger partial charge in [0.05, 0.1) is 51.1 Å². The van der Waals surface area contributed by atoms with Crippen LogP contribution >= 0.6 is 0 Å². The molecular weight excluding hydrogens is 502 g/mol. The van der Waals surface area contributed by atoms with Crippen LogP contribution in [0.1, 0.15) is 16.7 Å². The number of hydrogen-bond donors (Lipinski definition) is 0. The van der Waals surface area contributed by atoms with Crippen molar-refractivity contribution in [3.63, 3.8) is 0 Å². The Kier molecular flexibility index (Phi) is 8.61. The van der Waals surface area contributed by atoms with Gasteiger partial charge in [-0.15, -0.1) is 0 Å². The van der Waals surface area contributed by atoms with E-state index in [-0.39, 0.29) is 10.6 Å². The molecular formula is C26H27NO9S. The zero-order chi connectivity index (χ0) is 27.2. The highest BCUT2D eigenvalue weighted by Gasteiger charge is 2.21. The van der Waals surface area contributed by atoms with Crippen molar-refractivity contribution in [1.82, 2.24) is 0 Å². The summed E-state index contributed by atoms with van der Waals surface area (Å²) in [4.78, 5) is 10.3. The molecule has 37 heavy (non-hydrogen) atoms. The maximum atomic E-state index is 13.2. The van der Waals surface area contributed by atoms with Crippen LogP contribution in [-0.4, -0.2) is 48.9 Å². The van der Waals surface area contributed by atoms with Gasteiger partial charge < -0.3 is 23.7 Å². The van der Waals surface area contributed by atoms with E-state index < -0.39 is 20.5 Å². The van der Waals surface area contributed by atoms with E-state index in [1.165, 1.54) is 53.7 Å². The Morgan fingerprint density at radius 1 is 0.784 bits per heavy atom. The van der Waals surface area contributed by atoms with Crippen LogP contribution in [0.5, 0.6) is 28.7 Å². The molecule has 10 nitrogen and oxygen atoms in total. The van der Waals surface area contributed by atoms with Crippen LogP contribution in [0.15, 0.2) is 53.4 Å². The van der Waals surface area contributed by atoms with Gasteiger partial charge in [0.2, 0.25) is 5.75 Å². The Labute approximate surface area is 215 Å². The van der Waals surface area contributed by atoms with Crippen molar-refractivity contribution in [2.75, 3.05) is 35.5 Å². The summed E-state index contributed by atoms with van der Waals surface area (Å²) in [7, 11) is 3.51. The summed E-state index contributed by atoms with van der Waals surface area (Å²) in [5.41, 5.74) is 1.35. The molecule has 0 spiro atoms. The van der Waals surface area contributed by atoms with Gasteiger partial charge in [0, 0.05) is 12.1 Å². The van der Waals surface area contributed by atoms with Crippen molar-refractivity contribution in [2.24, 2.45) is 0 Å². The highest BCUT2D eigenvalue weighted by Crippen LogP contribution is 2.39. The lowest BCUT2D eigenvalue weighted by atomic mass is 10.1. The number of nitro groups is 1. The lowest BCUT2D eigenvalue weighted by Crippen LogP contribution is -2.07. The minimum Gasteiger partial charge on any atom is -0.493 e. The van der Waals surface area contributed by atoms with Crippen LogP contribution in [-0.2, 0) is 15.6 Å². The summed E-state index contributed by atoms with van der Waals surface area (Å²) in [6.45, 7) is 0. The smallest absolute Gasteiger partial charge is 0.270 e. The number of hydrogen-bond acceptors (Lipinski definition) is 9. The van der Waals surface area contributed by atoms with Crippen LogP contribution in [0.2, 0.25) is 0 Å². The molecule has 0 bridgehead atoms. The third kappa shape index (κ3) is 6.12. The van der Waals surface area contributed by atoms with Crippen LogP contribution in [0.3, 0.4) is 0 Å². The number of benzene rings is 3. The molecule has 0 N–H and O–H groups in total. The number of non-ortho nitro benzene ring substituents is 1. The minimum atomic E-state index is -3.94. The summed E-state index contributed by atoms with van der Waals surface area (Å²) < 4.78 is 53.4. The van der Waals surface area contributed by atoms with Gasteiger partial charge in [-0.05, 0) is 47.0 Å². The number of sulfone groups is 1. The van der Waals surface area contributed by atoms with Gasteiger partial charge in [0.1, 0.15) is 0 Å². The average molecular weight is 530 g/mol. The molecule has 0 amide bonds. The maximum Gasteiger partial charge on any atom is 0.270 e. The second kappa shape index (κ2) is 11.7. The number of ether oxygens (including phenoxy) is 5. The summed E-state index contributed by atoms with van der Waals surface area (Å²) in [6, 6.07) is 11.7. The summed E-state index contributed by atoms with van der Waals surface area (Å²) >= 11 is 0. The molecule has 196 valence electrons. The lowest BCUT2D eigenvalue weighted by molar-refractivity contribution is -0.385. The molecule has 3 aromatic rings. The van der Waals surface area contributed by atoms with Crippen LogP contribution < -0.4 is 23.7 Å². The van der Waals surface area contributed by atoms with E-state index in [1.807, 2.05) is 0 Å². The second-order valence-electron chi connectivity index (χ2n) is 7.71. The van der Waals surface area contributed by atoms with E-state index in [9.17, 15) is 18.5 Å². The van der Waals surface area contributed by atoms with Crippen LogP contribution in [0.4, 0.5) is 5.69 Å². The Morgan fingerprint density at radius 3 is 1.92 bits per heavy atom. The van der Waals surface area contributed by atoms with Crippen LogP contribution in [0.25, 0.3) is 12.2 Å². The predicted molar refractivity (Wildman–Crippen MR) is 139 cm³/mol. The molecule has 0 saturated heterocycles. The van der Waals surface area contributed by atoms with E-state index in [1.54, 1.807) is 36.4 Å². The molecule has 0 unspecified atom stereocenters. The fourth-order valence-corrected chi connectivity index (χ4v) is 5.09. The number of methoxy groups -OCH3 is 5. The zero-order valence-electron chi connectivity index (χ0n) is 21.0. The minimum absolute atomic E-state index is 0.156. The molecule has 0 fully saturated rings. The van der Waals surface area contributed by atoms with Crippen LogP contribution in [0, 0.1) is 10.1 Å². The van der Waals surface area contributed by atoms with Crippen molar-refractivity contribution in [2.45, 2.75) is 10.6 Å². The lowest BCUT2D eigenvalue weighted by Gasteiger charge is -2.14. The Morgan fingerprint density at radius 2 is 1.38 bits per heavy atom. The van der Waals surface area contributed by atoms with E-state index in [4.69, 9.17) is 23.7 Å². The zero-order valence-corrected chi connectivity index (χ0v) is 21.8. The molecule has 3 rings (SSSR count). The third-order valence-electron chi connectivity index (χ3n) is 5.52. The topological polar surface area (TPSA) is 123 Å². The predicted octanol–water partition coefficient (Wildman–Crippen LogP) is 4.78. The highest BCUT2D eigenvalue weighted by atomic mass is 32.2. The van der Waals surface area contributed by atoms with E-state index >= 15 is 0 Å². The fourth-order valence-electron chi connectivity index (χ4n) is 3.68. The molecule has 3 aromatic carbocycles. The molecule has 0 aromatic heterocycles. The molecule has 0 atom stereocenters. The Balaban J connectivity index is 2.09. The van der Waals surface area contributed by atoms with Crippen molar-refractivity contribution in [3.8, 4) is 28.7 Å². The van der Waals surface area contributed by atoms with Gasteiger partial charge in [0.25, 0.3) is 5.69 Å². The number of nitrogens with zero attached hydrogens (tertiary/aromatic N) is 1. The highest BCUT2D eigenvalue weighted by molar-refractivity contribution is 7.90. The molecule has 0 aliphatic rings. The summed E-state index contributed by atoms with van der Waals surface area (Å²) in [6.07, 6.45) is 3.48. The van der Waals surface area contributed by atoms with Gasteiger partial charge in [-0.1, -0.05) is 18.2 Å². The van der Waals surface area contributed by atoms with Gasteiger partial charge in [-0.25, -0.2) is 8.42 Å². The summed E-state index contributed by atoms with van der Waals surface area (Å²) in [5, 5.41) is 11.1. The molecule has 11 heteroatoms. The van der Waals surface area contributed by atoms with Crippen molar-refractivity contribution < 1.29 is 37.0 Å². The number of rotatable bonds is 11. The van der Waals surface area contributed by atoms with Gasteiger partial charge in [-0.2, -0.15) is 0 Å². The molecule has 0 aliphatic heterocycles. The number of nitro benzene ring substituents is 1. The molecule has 0 aliphatic carbocycles. The monoisotopic (exact) mass is 529 g/mol. The first-order chi connectivity index (χ1) is 17.7. The summed E-state index contributed by atoms with van der Waals surface area (Å²) in [5.74, 6) is 1.69. The average Bonchev–Trinajstić information content (AvgIpc) is 2.91. The van der Waals surface area contributed by atoms with E-state index in [0.29, 0.717) is 45.4 Å². The SMILES string of the molecule is COc1cc(/C=C\c2cc(OC)c(OC)c(OC)c2)c(CS(=O)(=O)c2cccc([N+](=O)[O-])c2)cc1OC. The molecule has 0 heterocycles. The molecule has 0 saturated carbocycles. The first-order valence-corrected chi connectivity index (χ1v) is 12.5. The fraction of sp³-hybridized carbons (Fsp3) is 0.231. The largest absolute Gasteiger partial charge is 0.493 e. The van der Waals surface area contributed by atoms with E-state index in [2.05, 4.69) is 0 Å². The van der Waals surface area contributed by atoms with Gasteiger partial charge in [-0.3, -0.25) is 10.1 Å². The first-order valence-electron chi connectivity index (χ1n) is 10.9. The third-order valence-corrected chi connectivity index (χ3v) is 7.18. The van der Waals surface area contributed by atoms with Crippen molar-refractivity contribution in [1.29, 1.82) is 0 Å². The van der Waals surface area contributed by atoms with Crippen molar-refractivity contribution >= 4 is 27.7 Å². The quantitative estimate of drug-likeness (QED) is 0.196. The standard InChI is InChI=1S/C26H27NO9S/c1-32-22-13-18(10-9-17-11-24(34-3)26(36-5)25(12-17)35-4)19(14-23(22)33-2)16-37(30,31)21-8-6-7-20(15-21)27(28)29/h6-15H,16H2,1-5H3/b10-9-. The normalized spacial score (nSPS) is 11.3. The van der Waals surface area contributed by atoms with Gasteiger partial charge >= 0.3 is 0 Å². The van der Waals surface area contributed by atoms with Crippen molar-refractivity contribution in [3.05, 3.63) is 75.3 Å². The van der Waals surface area contributed by atoms with Gasteiger partial charge in [0.15, 0.2) is 32.8 Å². The Bertz CT molecular complexity index is 1410. The molecule has 0 radical (unpaired) electrons. The Hall–Kier alpha value is -4.25. The second-order valence-corrected chi connectivity index (χ2v) is 9.70.